The Hall–Kier alpha value is -0.0200. The highest BCUT2D eigenvalue weighted by Gasteiger charge is 2.59. The van der Waals surface area contributed by atoms with Gasteiger partial charge in [-0.05, 0) is 0 Å². The molecule has 0 radical (unpaired) electrons. The van der Waals surface area contributed by atoms with Crippen molar-refractivity contribution in [3.63, 3.8) is 0 Å². The molecular formula is C9H6Cl3F9. The fourth-order valence-electron chi connectivity index (χ4n) is 1.19. The van der Waals surface area contributed by atoms with Crippen molar-refractivity contribution in [1.82, 2.24) is 0 Å². The van der Waals surface area contributed by atoms with Crippen LogP contribution in [0.5, 0.6) is 0 Å². The highest BCUT2D eigenvalue weighted by molar-refractivity contribution is 6.27. The van der Waals surface area contributed by atoms with Crippen molar-refractivity contribution in [3.8, 4) is 0 Å². The van der Waals surface area contributed by atoms with E-state index in [9.17, 15) is 39.5 Å². The lowest BCUT2D eigenvalue weighted by atomic mass is 9.93. The highest BCUT2D eigenvalue weighted by atomic mass is 35.5. The summed E-state index contributed by atoms with van der Waals surface area (Å²) < 4.78 is 112. The number of rotatable bonds is 4. The van der Waals surface area contributed by atoms with Gasteiger partial charge in [-0.1, -0.05) is 11.6 Å². The number of allylic oxidation sites excluding steroid dienone is 1. The molecule has 0 saturated heterocycles. The van der Waals surface area contributed by atoms with Crippen molar-refractivity contribution in [3.05, 3.63) is 11.1 Å². The molecule has 21 heavy (non-hydrogen) atoms. The van der Waals surface area contributed by atoms with Gasteiger partial charge in [0.05, 0.1) is 0 Å². The number of alkyl halides is 11. The summed E-state index contributed by atoms with van der Waals surface area (Å²) in [6.07, 6.45) is -20.1. The van der Waals surface area contributed by atoms with Crippen LogP contribution in [-0.4, -0.2) is 28.8 Å². The van der Waals surface area contributed by atoms with Gasteiger partial charge in [-0.15, -0.1) is 23.2 Å². The van der Waals surface area contributed by atoms with Gasteiger partial charge in [0.15, 0.2) is 0 Å². The molecule has 0 spiro atoms. The van der Waals surface area contributed by atoms with Crippen LogP contribution in [-0.2, 0) is 0 Å². The van der Waals surface area contributed by atoms with Gasteiger partial charge in [-0.25, -0.2) is 0 Å². The van der Waals surface area contributed by atoms with Crippen molar-refractivity contribution in [1.29, 1.82) is 0 Å². The van der Waals surface area contributed by atoms with Crippen molar-refractivity contribution >= 4 is 34.8 Å². The third-order valence-electron chi connectivity index (χ3n) is 2.33. The molecule has 2 atom stereocenters. The van der Waals surface area contributed by atoms with Crippen LogP contribution in [0, 0.1) is 0 Å². The quantitative estimate of drug-likeness (QED) is 0.398. The van der Waals surface area contributed by atoms with Gasteiger partial charge in [0.25, 0.3) is 0 Å². The Kier molecular flexibility index (Phi) is 6.61. The van der Waals surface area contributed by atoms with Crippen LogP contribution in [0.25, 0.3) is 0 Å². The van der Waals surface area contributed by atoms with Gasteiger partial charge in [0, 0.05) is 23.9 Å². The van der Waals surface area contributed by atoms with E-state index < -0.39 is 47.2 Å². The van der Waals surface area contributed by atoms with Crippen LogP contribution >= 0.6 is 34.8 Å². The standard InChI is InChI=1S/C9H6Cl3F9/c10-3-4(7(13,14)15)1-6(12,9(19,20)21)2-5(11)8(16,17)18/h3,5H,1-2H2. The highest BCUT2D eigenvalue weighted by Crippen LogP contribution is 2.49. The molecule has 0 saturated carbocycles. The Morgan fingerprint density at radius 2 is 1.38 bits per heavy atom. The second-order valence-corrected chi connectivity index (χ2v) is 5.45. The minimum atomic E-state index is -5.57. The second kappa shape index (κ2) is 6.62. The Labute approximate surface area is 127 Å². The van der Waals surface area contributed by atoms with E-state index in [0.29, 0.717) is 0 Å². The van der Waals surface area contributed by atoms with Crippen molar-refractivity contribution in [2.45, 2.75) is 41.6 Å². The molecule has 0 aromatic carbocycles. The third-order valence-corrected chi connectivity index (χ3v) is 3.50. The van der Waals surface area contributed by atoms with Crippen LogP contribution in [0.2, 0.25) is 0 Å². The summed E-state index contributed by atoms with van der Waals surface area (Å²) in [7, 11) is 0. The summed E-state index contributed by atoms with van der Waals surface area (Å²) in [4.78, 5) is -3.86. The van der Waals surface area contributed by atoms with Gasteiger partial charge in [-0.3, -0.25) is 0 Å². The molecule has 2 unspecified atom stereocenters. The first-order chi connectivity index (χ1) is 9.04. The lowest BCUT2D eigenvalue weighted by molar-refractivity contribution is -0.179. The first-order valence-corrected chi connectivity index (χ1v) is 6.12. The maximum Gasteiger partial charge on any atom is 0.413 e. The number of halogens is 12. The molecule has 0 aliphatic heterocycles. The van der Waals surface area contributed by atoms with Crippen LogP contribution in [0.3, 0.4) is 0 Å². The van der Waals surface area contributed by atoms with Crippen LogP contribution in [0.4, 0.5) is 39.5 Å². The fourth-order valence-corrected chi connectivity index (χ4v) is 2.03. The zero-order chi connectivity index (χ0) is 17.3. The molecule has 0 fully saturated rings. The van der Waals surface area contributed by atoms with Gasteiger partial charge in [0.2, 0.25) is 0 Å². The van der Waals surface area contributed by atoms with Crippen molar-refractivity contribution in [2.24, 2.45) is 0 Å². The van der Waals surface area contributed by atoms with E-state index in [1.807, 2.05) is 0 Å². The smallest absolute Gasteiger partial charge is 0.169 e. The molecule has 126 valence electrons. The van der Waals surface area contributed by atoms with Crippen LogP contribution < -0.4 is 0 Å². The average molecular weight is 391 g/mol. The monoisotopic (exact) mass is 390 g/mol. The average Bonchev–Trinajstić information content (AvgIpc) is 2.21. The van der Waals surface area contributed by atoms with E-state index in [0.717, 1.165) is 0 Å². The van der Waals surface area contributed by atoms with E-state index >= 15 is 0 Å². The Morgan fingerprint density at radius 1 is 0.952 bits per heavy atom. The summed E-state index contributed by atoms with van der Waals surface area (Å²) in [6.45, 7) is 0. The molecule has 0 amide bonds. The predicted molar refractivity (Wildman–Crippen MR) is 59.6 cm³/mol. The molecule has 0 bridgehead atoms. The first kappa shape index (κ1) is 21.0. The molecule has 0 rings (SSSR count). The molecule has 0 nitrogen and oxygen atoms in total. The predicted octanol–water partition coefficient (Wildman–Crippen LogP) is 6.16. The van der Waals surface area contributed by atoms with Crippen molar-refractivity contribution in [2.75, 3.05) is 0 Å². The summed E-state index contributed by atoms with van der Waals surface area (Å²) in [6, 6.07) is 0. The normalized spacial score (nSPS) is 19.3. The molecule has 0 heterocycles. The molecule has 0 aromatic rings. The summed E-state index contributed by atoms with van der Waals surface area (Å²) in [5.41, 5.74) is -2.12. The summed E-state index contributed by atoms with van der Waals surface area (Å²) in [5, 5.41) is -3.07. The lowest BCUT2D eigenvalue weighted by Crippen LogP contribution is -2.45. The Bertz CT molecular complexity index is 381. The van der Waals surface area contributed by atoms with Crippen LogP contribution in [0.15, 0.2) is 11.1 Å². The molecule has 0 N–H and O–H groups in total. The number of hydrogen-bond donors (Lipinski definition) is 0. The second-order valence-electron chi connectivity index (χ2n) is 3.99. The first-order valence-electron chi connectivity index (χ1n) is 4.87. The number of hydrogen-bond acceptors (Lipinski definition) is 0. The molecular weight excluding hydrogens is 385 g/mol. The van der Waals surface area contributed by atoms with E-state index in [1.54, 1.807) is 0 Å². The third kappa shape index (κ3) is 5.94. The molecule has 0 aliphatic rings. The Morgan fingerprint density at radius 3 is 1.62 bits per heavy atom. The molecule has 12 heteroatoms. The zero-order valence-corrected chi connectivity index (χ0v) is 11.9. The summed E-state index contributed by atoms with van der Waals surface area (Å²) in [5.74, 6) is 0. The van der Waals surface area contributed by atoms with Crippen LogP contribution in [0.1, 0.15) is 12.8 Å². The van der Waals surface area contributed by atoms with Gasteiger partial charge >= 0.3 is 18.5 Å². The SMILES string of the molecule is FC(F)(F)C(=CCl)CC(Cl)(CC(Cl)C(F)(F)F)C(F)(F)F. The van der Waals surface area contributed by atoms with Gasteiger partial charge in [-0.2, -0.15) is 39.5 Å². The lowest BCUT2D eigenvalue weighted by Gasteiger charge is -2.32. The van der Waals surface area contributed by atoms with Crippen molar-refractivity contribution < 1.29 is 39.5 Å². The Balaban J connectivity index is 5.50. The van der Waals surface area contributed by atoms with E-state index in [-0.39, 0.29) is 5.54 Å². The minimum Gasteiger partial charge on any atom is -0.169 e. The topological polar surface area (TPSA) is 0 Å². The summed E-state index contributed by atoms with van der Waals surface area (Å²) >= 11 is 14.5. The minimum absolute atomic E-state index is 0.209. The maximum absolute atomic E-state index is 12.7. The van der Waals surface area contributed by atoms with E-state index in [2.05, 4.69) is 0 Å². The molecule has 0 aromatic heterocycles. The van der Waals surface area contributed by atoms with E-state index in [4.69, 9.17) is 34.8 Å². The van der Waals surface area contributed by atoms with Gasteiger partial charge < -0.3 is 0 Å². The zero-order valence-electron chi connectivity index (χ0n) is 9.60. The maximum atomic E-state index is 12.7. The molecule has 0 aliphatic carbocycles. The van der Waals surface area contributed by atoms with Gasteiger partial charge in [0.1, 0.15) is 10.3 Å². The van der Waals surface area contributed by atoms with E-state index in [1.165, 1.54) is 0 Å². The largest absolute Gasteiger partial charge is 0.413 e. The fraction of sp³-hybridized carbons (Fsp3) is 0.778.